The van der Waals surface area contributed by atoms with Crippen molar-refractivity contribution in [2.75, 3.05) is 18.4 Å². The van der Waals surface area contributed by atoms with Crippen LogP contribution < -0.4 is 10.6 Å². The Kier molecular flexibility index (Phi) is 7.47. The standard InChI is InChI=1S/C25H30F3N3O2/c1-24(2,3)30-23(33)18-10-12-31(13-11-18)16-17-6-4-9-21(14-17)29-22(32)19-7-5-8-20(15-19)25(26,27)28/h4-9,14-15,18H,10-13,16H2,1-3H3,(H,29,32)(H,30,33). The maximum Gasteiger partial charge on any atom is 0.416 e. The minimum Gasteiger partial charge on any atom is -0.351 e. The Morgan fingerprint density at radius 2 is 1.67 bits per heavy atom. The second kappa shape index (κ2) is 9.95. The number of hydrogen-bond donors (Lipinski definition) is 2. The van der Waals surface area contributed by atoms with Gasteiger partial charge in [0.25, 0.3) is 5.91 Å². The molecule has 3 rings (SSSR count). The molecule has 33 heavy (non-hydrogen) atoms. The van der Waals surface area contributed by atoms with Gasteiger partial charge in [-0.25, -0.2) is 0 Å². The van der Waals surface area contributed by atoms with E-state index < -0.39 is 17.6 Å². The highest BCUT2D eigenvalue weighted by molar-refractivity contribution is 6.04. The van der Waals surface area contributed by atoms with Gasteiger partial charge in [-0.05, 0) is 82.6 Å². The van der Waals surface area contributed by atoms with E-state index in [0.717, 1.165) is 43.6 Å². The van der Waals surface area contributed by atoms with Crippen LogP contribution in [0.4, 0.5) is 18.9 Å². The molecule has 8 heteroatoms. The van der Waals surface area contributed by atoms with Gasteiger partial charge in [-0.3, -0.25) is 14.5 Å². The van der Waals surface area contributed by atoms with Crippen molar-refractivity contribution >= 4 is 17.5 Å². The van der Waals surface area contributed by atoms with Crippen LogP contribution in [0.25, 0.3) is 0 Å². The van der Waals surface area contributed by atoms with E-state index in [4.69, 9.17) is 0 Å². The lowest BCUT2D eigenvalue weighted by Gasteiger charge is -2.33. The molecule has 1 fully saturated rings. The van der Waals surface area contributed by atoms with E-state index in [2.05, 4.69) is 15.5 Å². The number of carbonyl (C=O) groups is 2. The summed E-state index contributed by atoms with van der Waals surface area (Å²) in [6.07, 6.45) is -2.93. The molecule has 1 aliphatic rings. The number of anilines is 1. The van der Waals surface area contributed by atoms with Crippen LogP contribution in [-0.4, -0.2) is 35.3 Å². The van der Waals surface area contributed by atoms with Gasteiger partial charge in [0.15, 0.2) is 0 Å². The minimum absolute atomic E-state index is 0.0126. The summed E-state index contributed by atoms with van der Waals surface area (Å²) >= 11 is 0. The molecular formula is C25H30F3N3O2. The molecule has 2 aromatic rings. The van der Waals surface area contributed by atoms with E-state index in [-0.39, 0.29) is 22.9 Å². The van der Waals surface area contributed by atoms with Gasteiger partial charge in [0, 0.05) is 29.3 Å². The van der Waals surface area contributed by atoms with Crippen molar-refractivity contribution in [1.82, 2.24) is 10.2 Å². The summed E-state index contributed by atoms with van der Waals surface area (Å²) in [5.74, 6) is -0.482. The lowest BCUT2D eigenvalue weighted by atomic mass is 9.94. The Morgan fingerprint density at radius 1 is 1.00 bits per heavy atom. The number of halogens is 3. The lowest BCUT2D eigenvalue weighted by Crippen LogP contribution is -2.46. The van der Waals surface area contributed by atoms with Gasteiger partial charge in [-0.1, -0.05) is 18.2 Å². The van der Waals surface area contributed by atoms with Crippen molar-refractivity contribution < 1.29 is 22.8 Å². The maximum atomic E-state index is 12.9. The van der Waals surface area contributed by atoms with Gasteiger partial charge in [0.1, 0.15) is 0 Å². The fourth-order valence-electron chi connectivity index (χ4n) is 3.87. The molecule has 0 bridgehead atoms. The fourth-order valence-corrected chi connectivity index (χ4v) is 3.87. The van der Waals surface area contributed by atoms with Gasteiger partial charge in [0.2, 0.25) is 5.91 Å². The van der Waals surface area contributed by atoms with Crippen molar-refractivity contribution in [2.24, 2.45) is 5.92 Å². The Labute approximate surface area is 192 Å². The Balaban J connectivity index is 1.57. The average molecular weight is 462 g/mol. The molecule has 0 unspecified atom stereocenters. The number of hydrogen-bond acceptors (Lipinski definition) is 3. The second-order valence-corrected chi connectivity index (χ2v) is 9.52. The number of rotatable bonds is 5. The Hall–Kier alpha value is -2.87. The summed E-state index contributed by atoms with van der Waals surface area (Å²) < 4.78 is 38.7. The number of nitrogens with one attached hydrogen (secondary N) is 2. The summed E-state index contributed by atoms with van der Waals surface area (Å²) in [5.41, 5.74) is 0.353. The molecular weight excluding hydrogens is 431 g/mol. The molecule has 1 heterocycles. The van der Waals surface area contributed by atoms with E-state index in [9.17, 15) is 22.8 Å². The summed E-state index contributed by atoms with van der Waals surface area (Å²) in [7, 11) is 0. The first-order valence-corrected chi connectivity index (χ1v) is 11.0. The van der Waals surface area contributed by atoms with Crippen LogP contribution in [0.1, 0.15) is 55.1 Å². The largest absolute Gasteiger partial charge is 0.416 e. The molecule has 2 amide bonds. The van der Waals surface area contributed by atoms with Crippen LogP contribution in [-0.2, 0) is 17.5 Å². The van der Waals surface area contributed by atoms with E-state index >= 15 is 0 Å². The first-order valence-electron chi connectivity index (χ1n) is 11.0. The summed E-state index contributed by atoms with van der Waals surface area (Å²) in [5, 5.41) is 5.72. The molecule has 2 aromatic carbocycles. The minimum atomic E-state index is -4.50. The van der Waals surface area contributed by atoms with Crippen molar-refractivity contribution in [3.63, 3.8) is 0 Å². The predicted octanol–water partition coefficient (Wildman–Crippen LogP) is 5.08. The first-order chi connectivity index (χ1) is 15.4. The third-order valence-electron chi connectivity index (χ3n) is 5.50. The highest BCUT2D eigenvalue weighted by Crippen LogP contribution is 2.29. The molecule has 1 aliphatic heterocycles. The fraction of sp³-hybridized carbons (Fsp3) is 0.440. The maximum absolute atomic E-state index is 12.9. The van der Waals surface area contributed by atoms with Crippen LogP contribution in [0, 0.1) is 5.92 Å². The first kappa shape index (κ1) is 24.8. The van der Waals surface area contributed by atoms with Gasteiger partial charge in [0.05, 0.1) is 5.56 Å². The van der Waals surface area contributed by atoms with E-state index in [1.54, 1.807) is 12.1 Å². The number of alkyl halides is 3. The summed E-state index contributed by atoms with van der Waals surface area (Å²) in [6, 6.07) is 11.6. The van der Waals surface area contributed by atoms with E-state index in [0.29, 0.717) is 12.2 Å². The second-order valence-electron chi connectivity index (χ2n) is 9.52. The molecule has 0 aromatic heterocycles. The number of likely N-dealkylation sites (tertiary alicyclic amines) is 1. The zero-order chi connectivity index (χ0) is 24.2. The zero-order valence-electron chi connectivity index (χ0n) is 19.1. The third-order valence-corrected chi connectivity index (χ3v) is 5.50. The van der Waals surface area contributed by atoms with Crippen molar-refractivity contribution in [3.8, 4) is 0 Å². The molecule has 0 radical (unpaired) electrons. The highest BCUT2D eigenvalue weighted by atomic mass is 19.4. The summed E-state index contributed by atoms with van der Waals surface area (Å²) in [4.78, 5) is 27.1. The Bertz CT molecular complexity index is 991. The molecule has 178 valence electrons. The SMILES string of the molecule is CC(C)(C)NC(=O)C1CCN(Cc2cccc(NC(=O)c3cccc(C(F)(F)F)c3)c2)CC1. The smallest absolute Gasteiger partial charge is 0.351 e. The normalized spacial score (nSPS) is 15.8. The van der Waals surface area contributed by atoms with E-state index in [1.165, 1.54) is 12.1 Å². The van der Waals surface area contributed by atoms with Crippen LogP contribution in [0.2, 0.25) is 0 Å². The van der Waals surface area contributed by atoms with Crippen molar-refractivity contribution in [3.05, 3.63) is 65.2 Å². The molecule has 0 atom stereocenters. The van der Waals surface area contributed by atoms with Crippen LogP contribution in [0.15, 0.2) is 48.5 Å². The highest BCUT2D eigenvalue weighted by Gasteiger charge is 2.31. The van der Waals surface area contributed by atoms with Gasteiger partial charge >= 0.3 is 6.18 Å². The number of carbonyl (C=O) groups excluding carboxylic acids is 2. The molecule has 2 N–H and O–H groups in total. The molecule has 5 nitrogen and oxygen atoms in total. The predicted molar refractivity (Wildman–Crippen MR) is 122 cm³/mol. The zero-order valence-corrected chi connectivity index (χ0v) is 19.1. The molecule has 1 saturated heterocycles. The van der Waals surface area contributed by atoms with Gasteiger partial charge in [-0.15, -0.1) is 0 Å². The number of benzene rings is 2. The van der Waals surface area contributed by atoms with Crippen molar-refractivity contribution in [2.45, 2.75) is 51.9 Å². The third kappa shape index (κ3) is 7.32. The van der Waals surface area contributed by atoms with Crippen LogP contribution in [0.3, 0.4) is 0 Å². The van der Waals surface area contributed by atoms with Crippen LogP contribution in [0.5, 0.6) is 0 Å². The molecule has 0 spiro atoms. The van der Waals surface area contributed by atoms with Crippen molar-refractivity contribution in [1.29, 1.82) is 0 Å². The monoisotopic (exact) mass is 461 g/mol. The number of nitrogens with zero attached hydrogens (tertiary/aromatic N) is 1. The van der Waals surface area contributed by atoms with Crippen LogP contribution >= 0.6 is 0 Å². The average Bonchev–Trinajstić information content (AvgIpc) is 2.73. The number of amides is 2. The lowest BCUT2D eigenvalue weighted by molar-refractivity contribution is -0.137. The topological polar surface area (TPSA) is 61.4 Å². The Morgan fingerprint density at radius 3 is 2.30 bits per heavy atom. The van der Waals surface area contributed by atoms with Gasteiger partial charge < -0.3 is 10.6 Å². The number of piperidine rings is 1. The van der Waals surface area contributed by atoms with E-state index in [1.807, 2.05) is 32.9 Å². The molecule has 0 saturated carbocycles. The van der Waals surface area contributed by atoms with Gasteiger partial charge in [-0.2, -0.15) is 13.2 Å². The quantitative estimate of drug-likeness (QED) is 0.653. The summed E-state index contributed by atoms with van der Waals surface area (Å²) in [6.45, 7) is 8.17. The molecule has 0 aliphatic carbocycles.